The van der Waals surface area contributed by atoms with Crippen LogP contribution in [0.1, 0.15) is 5.56 Å². The zero-order chi connectivity index (χ0) is 12.8. The van der Waals surface area contributed by atoms with Crippen molar-refractivity contribution in [2.24, 2.45) is 5.73 Å². The maximum atomic E-state index is 9.61. The Bertz CT molecular complexity index is 385. The van der Waals surface area contributed by atoms with Crippen LogP contribution in [0, 0.1) is 5.41 Å². The largest absolute Gasteiger partial charge is 0.389 e. The molecule has 7 nitrogen and oxygen atoms in total. The number of nitrogens with one attached hydrogen (secondary N) is 1. The molecule has 1 aromatic rings. The number of hydrogen-bond acceptors (Lipinski definition) is 6. The second-order valence-corrected chi connectivity index (χ2v) is 3.67. The molecule has 0 spiro atoms. The molecule has 0 saturated heterocycles. The van der Waals surface area contributed by atoms with Crippen LogP contribution in [0.15, 0.2) is 12.3 Å². The van der Waals surface area contributed by atoms with Gasteiger partial charge in [-0.05, 0) is 6.07 Å². The molecule has 1 rings (SSSR count). The van der Waals surface area contributed by atoms with Crippen molar-refractivity contribution in [3.63, 3.8) is 0 Å². The Labute approximate surface area is 99.7 Å². The topological polar surface area (TPSA) is 108 Å². The van der Waals surface area contributed by atoms with Gasteiger partial charge in [0.2, 0.25) is 0 Å². The number of nitrogens with two attached hydrogens (primary N) is 1. The van der Waals surface area contributed by atoms with Gasteiger partial charge in [0.1, 0.15) is 5.84 Å². The molecule has 1 unspecified atom stereocenters. The van der Waals surface area contributed by atoms with Crippen molar-refractivity contribution >= 4 is 11.7 Å². The number of likely N-dealkylation sites (N-methyl/N-ethyl adjacent to an activating group) is 1. The molecule has 0 radical (unpaired) electrons. The first-order valence-corrected chi connectivity index (χ1v) is 5.10. The van der Waals surface area contributed by atoms with E-state index in [1.54, 1.807) is 18.0 Å². The maximum absolute atomic E-state index is 9.61. The summed E-state index contributed by atoms with van der Waals surface area (Å²) in [6, 6.07) is 1.61. The van der Waals surface area contributed by atoms with E-state index in [1.807, 2.05) is 0 Å². The lowest BCUT2D eigenvalue weighted by atomic mass is 10.2. The fraction of sp³-hybridized carbons (Fsp3) is 0.500. The third-order valence-corrected chi connectivity index (χ3v) is 2.20. The molecule has 1 atom stereocenters. The van der Waals surface area contributed by atoms with Crippen molar-refractivity contribution in [1.29, 1.82) is 5.41 Å². The van der Waals surface area contributed by atoms with E-state index in [-0.39, 0.29) is 12.4 Å². The monoisotopic (exact) mass is 239 g/mol. The van der Waals surface area contributed by atoms with Gasteiger partial charge in [0.05, 0.1) is 24.5 Å². The number of methoxy groups -OCH3 is 1. The fourth-order valence-electron chi connectivity index (χ4n) is 1.46. The first-order valence-electron chi connectivity index (χ1n) is 5.10. The van der Waals surface area contributed by atoms with Crippen molar-refractivity contribution in [3.8, 4) is 0 Å². The lowest BCUT2D eigenvalue weighted by Gasteiger charge is -2.22. The lowest BCUT2D eigenvalue weighted by Crippen LogP contribution is -2.34. The molecule has 0 amide bonds. The summed E-state index contributed by atoms with van der Waals surface area (Å²) < 4.78 is 4.84. The number of aromatic nitrogens is 2. The standard InChI is InChI=1S/C10H17N5O2/c1-15(5-7(16)6-17-2)10-8(9(11)12)3-4-13-14-10/h3-4,7,16H,5-6H2,1-2H3,(H3,11,12). The molecule has 94 valence electrons. The van der Waals surface area contributed by atoms with Crippen LogP contribution in [0.5, 0.6) is 0 Å². The van der Waals surface area contributed by atoms with Crippen LogP contribution in [0.3, 0.4) is 0 Å². The predicted octanol–water partition coefficient (Wildman–Crippen LogP) is -0.796. The molecule has 1 aromatic heterocycles. The zero-order valence-corrected chi connectivity index (χ0v) is 9.92. The van der Waals surface area contributed by atoms with Crippen LogP contribution in [0.2, 0.25) is 0 Å². The minimum atomic E-state index is -0.633. The first-order chi connectivity index (χ1) is 8.06. The van der Waals surface area contributed by atoms with Gasteiger partial charge < -0.3 is 20.5 Å². The Kier molecular flexibility index (Phi) is 4.80. The third-order valence-electron chi connectivity index (χ3n) is 2.20. The highest BCUT2D eigenvalue weighted by molar-refractivity contribution is 5.99. The average molecular weight is 239 g/mol. The van der Waals surface area contributed by atoms with Crippen LogP contribution in [-0.4, -0.2) is 54.6 Å². The Hall–Kier alpha value is -1.73. The highest BCUT2D eigenvalue weighted by Gasteiger charge is 2.14. The van der Waals surface area contributed by atoms with Crippen LogP contribution in [-0.2, 0) is 4.74 Å². The van der Waals surface area contributed by atoms with Crippen molar-refractivity contribution in [3.05, 3.63) is 17.8 Å². The van der Waals surface area contributed by atoms with Gasteiger partial charge in [0, 0.05) is 20.7 Å². The molecular weight excluding hydrogens is 222 g/mol. The van der Waals surface area contributed by atoms with Crippen molar-refractivity contribution in [1.82, 2.24) is 10.2 Å². The summed E-state index contributed by atoms with van der Waals surface area (Å²) in [6.45, 7) is 0.562. The minimum Gasteiger partial charge on any atom is -0.389 e. The Balaban J connectivity index is 2.81. The van der Waals surface area contributed by atoms with E-state index in [0.29, 0.717) is 17.9 Å². The molecular formula is C10H17N5O2. The molecule has 0 aromatic carbocycles. The maximum Gasteiger partial charge on any atom is 0.162 e. The Morgan fingerprint density at radius 2 is 2.41 bits per heavy atom. The Morgan fingerprint density at radius 1 is 1.71 bits per heavy atom. The summed E-state index contributed by atoms with van der Waals surface area (Å²) in [5, 5.41) is 24.7. The van der Waals surface area contributed by atoms with Crippen molar-refractivity contribution < 1.29 is 9.84 Å². The minimum absolute atomic E-state index is 0.0806. The molecule has 0 aliphatic heterocycles. The fourth-order valence-corrected chi connectivity index (χ4v) is 1.46. The number of aliphatic hydroxyl groups excluding tert-OH is 1. The molecule has 0 aliphatic rings. The number of rotatable bonds is 6. The molecule has 0 bridgehead atoms. The van der Waals surface area contributed by atoms with Crippen LogP contribution >= 0.6 is 0 Å². The molecule has 17 heavy (non-hydrogen) atoms. The number of amidine groups is 1. The second kappa shape index (κ2) is 6.12. The van der Waals surface area contributed by atoms with E-state index in [2.05, 4.69) is 10.2 Å². The van der Waals surface area contributed by atoms with Gasteiger partial charge in [0.25, 0.3) is 0 Å². The third kappa shape index (κ3) is 3.65. The number of ether oxygens (including phenoxy) is 1. The van der Waals surface area contributed by atoms with E-state index in [1.165, 1.54) is 13.3 Å². The molecule has 4 N–H and O–H groups in total. The van der Waals surface area contributed by atoms with E-state index in [0.717, 1.165) is 0 Å². The summed E-state index contributed by atoms with van der Waals surface area (Å²) in [5.41, 5.74) is 5.94. The number of aliphatic hydroxyl groups is 1. The van der Waals surface area contributed by atoms with Gasteiger partial charge in [-0.2, -0.15) is 5.10 Å². The number of anilines is 1. The van der Waals surface area contributed by atoms with Gasteiger partial charge in [-0.25, -0.2) is 0 Å². The summed E-state index contributed by atoms with van der Waals surface area (Å²) in [6.07, 6.45) is 0.839. The van der Waals surface area contributed by atoms with Crippen molar-refractivity contribution in [2.75, 3.05) is 32.2 Å². The molecule has 0 aliphatic carbocycles. The quantitative estimate of drug-likeness (QED) is 0.443. The lowest BCUT2D eigenvalue weighted by molar-refractivity contribution is 0.0694. The van der Waals surface area contributed by atoms with Gasteiger partial charge in [-0.1, -0.05) is 0 Å². The van der Waals surface area contributed by atoms with E-state index in [4.69, 9.17) is 15.9 Å². The van der Waals surface area contributed by atoms with Gasteiger partial charge in [0.15, 0.2) is 5.82 Å². The van der Waals surface area contributed by atoms with E-state index in [9.17, 15) is 5.11 Å². The van der Waals surface area contributed by atoms with Crippen LogP contribution in [0.4, 0.5) is 5.82 Å². The SMILES string of the molecule is COCC(O)CN(C)c1nnccc1C(=N)N. The predicted molar refractivity (Wildman–Crippen MR) is 64.2 cm³/mol. The normalized spacial score (nSPS) is 12.2. The number of nitrogens with zero attached hydrogens (tertiary/aromatic N) is 3. The highest BCUT2D eigenvalue weighted by Crippen LogP contribution is 2.14. The number of hydrogen-bond donors (Lipinski definition) is 3. The summed E-state index contributed by atoms with van der Waals surface area (Å²) in [4.78, 5) is 1.69. The second-order valence-electron chi connectivity index (χ2n) is 3.67. The average Bonchev–Trinajstić information content (AvgIpc) is 2.29. The summed E-state index contributed by atoms with van der Waals surface area (Å²) >= 11 is 0. The van der Waals surface area contributed by atoms with E-state index >= 15 is 0 Å². The summed E-state index contributed by atoms with van der Waals surface area (Å²) in [7, 11) is 3.27. The number of nitrogen functional groups attached to an aromatic ring is 1. The van der Waals surface area contributed by atoms with Gasteiger partial charge >= 0.3 is 0 Å². The van der Waals surface area contributed by atoms with E-state index < -0.39 is 6.10 Å². The van der Waals surface area contributed by atoms with Gasteiger partial charge in [-0.3, -0.25) is 5.41 Å². The smallest absolute Gasteiger partial charge is 0.162 e. The van der Waals surface area contributed by atoms with Crippen LogP contribution in [0.25, 0.3) is 0 Å². The van der Waals surface area contributed by atoms with Crippen molar-refractivity contribution in [2.45, 2.75) is 6.10 Å². The molecule has 0 saturated carbocycles. The highest BCUT2D eigenvalue weighted by atomic mass is 16.5. The molecule has 0 fully saturated rings. The zero-order valence-electron chi connectivity index (χ0n) is 9.92. The Morgan fingerprint density at radius 3 is 3.00 bits per heavy atom. The van der Waals surface area contributed by atoms with Crippen LogP contribution < -0.4 is 10.6 Å². The summed E-state index contributed by atoms with van der Waals surface area (Å²) in [5.74, 6) is 0.387. The molecule has 7 heteroatoms. The molecule has 1 heterocycles. The van der Waals surface area contributed by atoms with Gasteiger partial charge in [-0.15, -0.1) is 5.10 Å². The first kappa shape index (κ1) is 13.3.